The van der Waals surface area contributed by atoms with Gasteiger partial charge < -0.3 is 15.7 Å². The molecule has 0 radical (unpaired) electrons. The number of amides is 1. The Morgan fingerprint density at radius 3 is 2.96 bits per heavy atom. The van der Waals surface area contributed by atoms with E-state index in [-0.39, 0.29) is 5.91 Å². The number of benzene rings is 1. The molecule has 0 saturated carbocycles. The number of nitrogens with zero attached hydrogens (tertiary/aromatic N) is 3. The van der Waals surface area contributed by atoms with Crippen molar-refractivity contribution in [3.63, 3.8) is 0 Å². The molecule has 1 saturated heterocycles. The van der Waals surface area contributed by atoms with E-state index in [0.29, 0.717) is 29.9 Å². The third-order valence-corrected chi connectivity index (χ3v) is 5.44. The number of carbonyl (C=O) groups is 1. The average Bonchev–Trinajstić information content (AvgIpc) is 3.19. The lowest BCUT2D eigenvalue weighted by atomic mass is 10.0. The number of carbonyl (C=O) groups excluding carboxylic acids is 1. The first-order valence-corrected chi connectivity index (χ1v) is 8.90. The molecule has 26 heavy (non-hydrogen) atoms. The molecular weight excluding hydrogens is 348 g/mol. The molecule has 130 valence electrons. The van der Waals surface area contributed by atoms with Crippen LogP contribution in [-0.4, -0.2) is 45.1 Å². The zero-order chi connectivity index (χ0) is 18.3. The number of thiazole rings is 1. The fourth-order valence-corrected chi connectivity index (χ4v) is 3.84. The Balaban J connectivity index is 1.68. The molecule has 0 bridgehead atoms. The van der Waals surface area contributed by atoms with Gasteiger partial charge in [-0.15, -0.1) is 11.3 Å². The fraction of sp³-hybridized carbons (Fsp3) is 0.211. The third kappa shape index (κ3) is 2.79. The van der Waals surface area contributed by atoms with Crippen molar-refractivity contribution in [1.29, 1.82) is 0 Å². The molecule has 2 aromatic heterocycles. The van der Waals surface area contributed by atoms with Gasteiger partial charge in [0, 0.05) is 37.3 Å². The van der Waals surface area contributed by atoms with Gasteiger partial charge in [0.15, 0.2) is 5.82 Å². The first kappa shape index (κ1) is 16.5. The van der Waals surface area contributed by atoms with Crippen LogP contribution in [-0.2, 0) is 4.79 Å². The van der Waals surface area contributed by atoms with E-state index in [0.717, 1.165) is 15.3 Å². The second-order valence-corrected chi connectivity index (χ2v) is 7.26. The molecule has 0 spiro atoms. The maximum atomic E-state index is 12.0. The first-order valence-electron chi connectivity index (χ1n) is 8.09. The van der Waals surface area contributed by atoms with Crippen molar-refractivity contribution in [2.75, 3.05) is 19.3 Å². The molecule has 3 N–H and O–H groups in total. The summed E-state index contributed by atoms with van der Waals surface area (Å²) in [5.74, 6) is 5.72. The third-order valence-electron chi connectivity index (χ3n) is 4.37. The monoisotopic (exact) mass is 364 g/mol. The lowest BCUT2D eigenvalue weighted by molar-refractivity contribution is -0.137. The molecule has 3 aromatic rings. The summed E-state index contributed by atoms with van der Waals surface area (Å²) >= 11 is 1.53. The van der Waals surface area contributed by atoms with Crippen molar-refractivity contribution in [2.24, 2.45) is 0 Å². The molecule has 1 fully saturated rings. The zero-order valence-corrected chi connectivity index (χ0v) is 14.9. The van der Waals surface area contributed by atoms with E-state index >= 15 is 0 Å². The van der Waals surface area contributed by atoms with Crippen LogP contribution in [0, 0.1) is 11.8 Å². The summed E-state index contributed by atoms with van der Waals surface area (Å²) in [4.78, 5) is 22.1. The maximum Gasteiger partial charge on any atom is 0.267 e. The topological polar surface area (TPSA) is 92.3 Å². The van der Waals surface area contributed by atoms with E-state index in [4.69, 9.17) is 5.73 Å². The van der Waals surface area contributed by atoms with E-state index < -0.39 is 5.60 Å². The summed E-state index contributed by atoms with van der Waals surface area (Å²) in [6.45, 7) is 0.505. The van der Waals surface area contributed by atoms with Gasteiger partial charge in [-0.1, -0.05) is 24.0 Å². The van der Waals surface area contributed by atoms with Crippen molar-refractivity contribution < 1.29 is 9.90 Å². The van der Waals surface area contributed by atoms with E-state index in [9.17, 15) is 9.90 Å². The minimum Gasteiger partial charge on any atom is -0.382 e. The number of likely N-dealkylation sites (N-methyl/N-ethyl adjacent to an activating group) is 1. The molecule has 0 unspecified atom stereocenters. The fourth-order valence-electron chi connectivity index (χ4n) is 2.87. The number of nitrogens with two attached hydrogens (primary N) is 1. The minimum absolute atomic E-state index is 0.319. The number of pyridine rings is 1. The van der Waals surface area contributed by atoms with Gasteiger partial charge in [-0.25, -0.2) is 9.97 Å². The van der Waals surface area contributed by atoms with Crippen LogP contribution in [0.25, 0.3) is 20.8 Å². The number of rotatable bonds is 1. The van der Waals surface area contributed by atoms with Gasteiger partial charge in [0.05, 0.1) is 4.70 Å². The van der Waals surface area contributed by atoms with Crippen LogP contribution in [0.15, 0.2) is 36.5 Å². The van der Waals surface area contributed by atoms with E-state index in [1.807, 2.05) is 30.3 Å². The molecule has 0 aliphatic carbocycles. The van der Waals surface area contributed by atoms with Crippen molar-refractivity contribution >= 4 is 33.3 Å². The number of aliphatic hydroxyl groups is 1. The molecule has 3 heterocycles. The van der Waals surface area contributed by atoms with Crippen LogP contribution in [0.4, 0.5) is 5.82 Å². The predicted octanol–water partition coefficient (Wildman–Crippen LogP) is 1.89. The van der Waals surface area contributed by atoms with Crippen LogP contribution >= 0.6 is 11.3 Å². The Hall–Kier alpha value is -2.95. The number of hydrogen-bond donors (Lipinski definition) is 2. The molecule has 1 aliphatic rings. The Labute approximate surface area is 154 Å². The van der Waals surface area contributed by atoms with Gasteiger partial charge in [-0.3, -0.25) is 4.79 Å². The van der Waals surface area contributed by atoms with Gasteiger partial charge in [-0.05, 0) is 18.2 Å². The van der Waals surface area contributed by atoms with Crippen molar-refractivity contribution in [3.8, 4) is 22.4 Å². The van der Waals surface area contributed by atoms with Crippen LogP contribution in [0.3, 0.4) is 0 Å². The SMILES string of the molecule is CN1CC[C@](O)(C#Cc2cccc(-c3nc4c(N)nccc4s3)c2)C1=O. The van der Waals surface area contributed by atoms with Gasteiger partial charge in [0.2, 0.25) is 5.60 Å². The minimum atomic E-state index is -1.60. The van der Waals surface area contributed by atoms with Gasteiger partial charge in [-0.2, -0.15) is 0 Å². The number of fused-ring (bicyclic) bond motifs is 1. The van der Waals surface area contributed by atoms with E-state index in [2.05, 4.69) is 21.8 Å². The summed E-state index contributed by atoms with van der Waals surface area (Å²) in [7, 11) is 1.66. The second-order valence-electron chi connectivity index (χ2n) is 6.23. The zero-order valence-electron chi connectivity index (χ0n) is 14.1. The van der Waals surface area contributed by atoms with Crippen LogP contribution in [0.5, 0.6) is 0 Å². The Morgan fingerprint density at radius 1 is 1.38 bits per heavy atom. The predicted molar refractivity (Wildman–Crippen MR) is 101 cm³/mol. The summed E-state index contributed by atoms with van der Waals surface area (Å²) in [6, 6.07) is 9.43. The molecular formula is C19H16N4O2S. The Bertz CT molecular complexity index is 1080. The highest BCUT2D eigenvalue weighted by atomic mass is 32.1. The summed E-state index contributed by atoms with van der Waals surface area (Å²) in [5, 5.41) is 11.2. The van der Waals surface area contributed by atoms with Crippen molar-refractivity contribution in [2.45, 2.75) is 12.0 Å². The lowest BCUT2D eigenvalue weighted by Gasteiger charge is -2.13. The Kier molecular flexibility index (Phi) is 3.87. The normalized spacial score (nSPS) is 19.6. The van der Waals surface area contributed by atoms with Crippen LogP contribution in [0.1, 0.15) is 12.0 Å². The molecule has 1 amide bonds. The van der Waals surface area contributed by atoms with Gasteiger partial charge in [0.1, 0.15) is 10.5 Å². The smallest absolute Gasteiger partial charge is 0.267 e. The van der Waals surface area contributed by atoms with E-state index in [1.165, 1.54) is 16.2 Å². The standard InChI is InChI=1S/C19H16N4O2S/c1-23-10-8-19(25,18(23)24)7-5-12-3-2-4-13(11-12)17-22-15-14(26-17)6-9-21-16(15)20/h2-4,6,9,11,25H,8,10H2,1H3,(H2,20,21)/t19-/m1/s1. The van der Waals surface area contributed by atoms with Crippen molar-refractivity contribution in [1.82, 2.24) is 14.9 Å². The number of aromatic nitrogens is 2. The number of hydrogen-bond acceptors (Lipinski definition) is 6. The summed E-state index contributed by atoms with van der Waals surface area (Å²) in [5.41, 5.74) is 6.59. The molecule has 1 aromatic carbocycles. The summed E-state index contributed by atoms with van der Waals surface area (Å²) in [6.07, 6.45) is 1.98. The lowest BCUT2D eigenvalue weighted by Crippen LogP contribution is -2.37. The Morgan fingerprint density at radius 2 is 2.23 bits per heavy atom. The highest BCUT2D eigenvalue weighted by Crippen LogP contribution is 2.32. The van der Waals surface area contributed by atoms with Gasteiger partial charge in [0.25, 0.3) is 5.91 Å². The molecule has 1 aliphatic heterocycles. The summed E-state index contributed by atoms with van der Waals surface area (Å²) < 4.78 is 0.970. The quantitative estimate of drug-likeness (QED) is 0.643. The molecule has 1 atom stereocenters. The highest BCUT2D eigenvalue weighted by molar-refractivity contribution is 7.21. The van der Waals surface area contributed by atoms with E-state index in [1.54, 1.807) is 13.2 Å². The molecule has 7 heteroatoms. The van der Waals surface area contributed by atoms with Gasteiger partial charge >= 0.3 is 0 Å². The van der Waals surface area contributed by atoms with Crippen molar-refractivity contribution in [3.05, 3.63) is 42.1 Å². The first-order chi connectivity index (χ1) is 12.5. The number of nitrogen functional groups attached to an aromatic ring is 1. The molecule has 4 rings (SSSR count). The largest absolute Gasteiger partial charge is 0.382 e. The number of likely N-dealkylation sites (tertiary alicyclic amines) is 1. The van der Waals surface area contributed by atoms with Crippen LogP contribution < -0.4 is 5.73 Å². The maximum absolute atomic E-state index is 12.0. The highest BCUT2D eigenvalue weighted by Gasteiger charge is 2.42. The molecule has 6 nitrogen and oxygen atoms in total. The second kappa shape index (κ2) is 6.09. The average molecular weight is 364 g/mol. The number of anilines is 1. The van der Waals surface area contributed by atoms with Crippen LogP contribution in [0.2, 0.25) is 0 Å².